The molecule has 0 aliphatic carbocycles. The smallest absolute Gasteiger partial charge is 0.250 e. The molecule has 2 atom stereocenters. The first-order valence-corrected chi connectivity index (χ1v) is 12.7. The molecule has 10 heteroatoms. The molecule has 8 nitrogen and oxygen atoms in total. The fourth-order valence-electron chi connectivity index (χ4n) is 4.62. The van der Waals surface area contributed by atoms with Gasteiger partial charge in [0, 0.05) is 36.6 Å². The summed E-state index contributed by atoms with van der Waals surface area (Å²) in [7, 11) is 3.11. The lowest BCUT2D eigenvalue weighted by molar-refractivity contribution is -0.119. The first-order valence-electron chi connectivity index (χ1n) is 11.9. The number of hydrogen-bond donors (Lipinski definition) is 2. The number of anilines is 2. The summed E-state index contributed by atoms with van der Waals surface area (Å²) in [6, 6.07) is 22.8. The van der Waals surface area contributed by atoms with Crippen LogP contribution >= 0.6 is 23.8 Å². The fourth-order valence-corrected chi connectivity index (χ4v) is 5.19. The minimum Gasteiger partial charge on any atom is -0.497 e. The molecule has 0 saturated carbocycles. The standard InChI is InChI=1S/C28H26ClN5O3S/c1-36-17-25(35)31-22-13-10-19(16-21(22)29)34-27(26(32-28(34)38)23-6-3-4-14-30-23)24-7-5-15-33(24)18-8-11-20(37-2)12-9-18/h3-16,26-27H,17H2,1-2H3,(H,31,35)(H,32,38)/t26-,27-/m0/s1. The third-order valence-electron chi connectivity index (χ3n) is 6.31. The first-order chi connectivity index (χ1) is 18.5. The maximum Gasteiger partial charge on any atom is 0.250 e. The largest absolute Gasteiger partial charge is 0.497 e. The molecule has 1 saturated heterocycles. The molecule has 2 N–H and O–H groups in total. The number of aromatic nitrogens is 2. The van der Waals surface area contributed by atoms with Crippen LogP contribution in [0.2, 0.25) is 5.02 Å². The third kappa shape index (κ3) is 5.08. The van der Waals surface area contributed by atoms with E-state index in [1.807, 2.05) is 65.7 Å². The zero-order chi connectivity index (χ0) is 26.6. The zero-order valence-electron chi connectivity index (χ0n) is 20.8. The number of amides is 1. The Morgan fingerprint density at radius 2 is 1.87 bits per heavy atom. The number of nitrogens with one attached hydrogen (secondary N) is 2. The van der Waals surface area contributed by atoms with E-state index >= 15 is 0 Å². The van der Waals surface area contributed by atoms with Gasteiger partial charge in [0.15, 0.2) is 5.11 Å². The predicted octanol–water partition coefficient (Wildman–Crippen LogP) is 5.30. The Hall–Kier alpha value is -3.92. The van der Waals surface area contributed by atoms with Crippen LogP contribution in [0.5, 0.6) is 5.75 Å². The van der Waals surface area contributed by atoms with E-state index in [0.29, 0.717) is 15.8 Å². The normalized spacial score (nSPS) is 16.8. The lowest BCUT2D eigenvalue weighted by atomic mass is 10.0. The van der Waals surface area contributed by atoms with Crippen LogP contribution in [0.25, 0.3) is 5.69 Å². The van der Waals surface area contributed by atoms with Crippen LogP contribution in [0.3, 0.4) is 0 Å². The van der Waals surface area contributed by atoms with Gasteiger partial charge in [-0.05, 0) is 78.9 Å². The molecule has 0 spiro atoms. The molecule has 194 valence electrons. The highest BCUT2D eigenvalue weighted by molar-refractivity contribution is 7.80. The second-order valence-corrected chi connectivity index (χ2v) is 9.44. The monoisotopic (exact) mass is 547 g/mol. The molecule has 1 aliphatic rings. The molecule has 4 aromatic rings. The number of rotatable bonds is 8. The van der Waals surface area contributed by atoms with Crippen LogP contribution in [0.1, 0.15) is 23.5 Å². The second-order valence-electron chi connectivity index (χ2n) is 8.64. The van der Waals surface area contributed by atoms with E-state index in [4.69, 9.17) is 33.3 Å². The average molecular weight is 548 g/mol. The summed E-state index contributed by atoms with van der Waals surface area (Å²) in [4.78, 5) is 18.7. The average Bonchev–Trinajstić information content (AvgIpc) is 3.55. The lowest BCUT2D eigenvalue weighted by Crippen LogP contribution is -2.30. The van der Waals surface area contributed by atoms with Gasteiger partial charge in [0.1, 0.15) is 18.4 Å². The van der Waals surface area contributed by atoms with Gasteiger partial charge >= 0.3 is 0 Å². The van der Waals surface area contributed by atoms with Crippen molar-refractivity contribution in [1.29, 1.82) is 0 Å². The van der Waals surface area contributed by atoms with Crippen molar-refractivity contribution in [3.63, 3.8) is 0 Å². The van der Waals surface area contributed by atoms with Crippen LogP contribution in [0.15, 0.2) is 85.2 Å². The minimum absolute atomic E-state index is 0.0611. The summed E-state index contributed by atoms with van der Waals surface area (Å²) < 4.78 is 12.4. The molecule has 1 fully saturated rings. The number of pyridine rings is 1. The number of carbonyl (C=O) groups excluding carboxylic acids is 1. The van der Waals surface area contributed by atoms with Gasteiger partial charge in [-0.15, -0.1) is 0 Å². The van der Waals surface area contributed by atoms with Crippen molar-refractivity contribution in [3.05, 3.63) is 102 Å². The highest BCUT2D eigenvalue weighted by Gasteiger charge is 2.42. The molecule has 2 aromatic heterocycles. The van der Waals surface area contributed by atoms with E-state index in [-0.39, 0.29) is 24.6 Å². The zero-order valence-corrected chi connectivity index (χ0v) is 22.4. The van der Waals surface area contributed by atoms with Gasteiger partial charge in [-0.25, -0.2) is 0 Å². The quantitative estimate of drug-likeness (QED) is 0.290. The highest BCUT2D eigenvalue weighted by Crippen LogP contribution is 2.43. The first kappa shape index (κ1) is 25.7. The van der Waals surface area contributed by atoms with Crippen molar-refractivity contribution >= 4 is 46.2 Å². The minimum atomic E-state index is -0.286. The molecule has 0 unspecified atom stereocenters. The van der Waals surface area contributed by atoms with Crippen molar-refractivity contribution in [2.75, 3.05) is 31.0 Å². The number of hydrogen-bond acceptors (Lipinski definition) is 5. The molecule has 1 amide bonds. The Kier molecular flexibility index (Phi) is 7.59. The van der Waals surface area contributed by atoms with Crippen molar-refractivity contribution < 1.29 is 14.3 Å². The van der Waals surface area contributed by atoms with Gasteiger partial charge in [-0.1, -0.05) is 17.7 Å². The van der Waals surface area contributed by atoms with Crippen molar-refractivity contribution in [3.8, 4) is 11.4 Å². The summed E-state index contributed by atoms with van der Waals surface area (Å²) in [6.45, 7) is -0.0611. The van der Waals surface area contributed by atoms with E-state index in [1.54, 1.807) is 25.4 Å². The van der Waals surface area contributed by atoms with Crippen LogP contribution < -0.4 is 20.3 Å². The summed E-state index contributed by atoms with van der Waals surface area (Å²) >= 11 is 12.5. The van der Waals surface area contributed by atoms with E-state index in [0.717, 1.165) is 28.5 Å². The van der Waals surface area contributed by atoms with Crippen LogP contribution in [0.4, 0.5) is 11.4 Å². The Balaban J connectivity index is 1.57. The van der Waals surface area contributed by atoms with Gasteiger partial charge in [-0.3, -0.25) is 9.78 Å². The fraction of sp³-hybridized carbons (Fsp3) is 0.179. The third-order valence-corrected chi connectivity index (χ3v) is 6.94. The summed E-state index contributed by atoms with van der Waals surface area (Å²) in [6.07, 6.45) is 3.80. The van der Waals surface area contributed by atoms with Gasteiger partial charge < -0.3 is 29.6 Å². The lowest BCUT2D eigenvalue weighted by Gasteiger charge is -2.29. The predicted molar refractivity (Wildman–Crippen MR) is 152 cm³/mol. The van der Waals surface area contributed by atoms with Crippen molar-refractivity contribution in [2.24, 2.45) is 0 Å². The molecule has 0 bridgehead atoms. The van der Waals surface area contributed by atoms with Gasteiger partial charge in [-0.2, -0.15) is 0 Å². The van der Waals surface area contributed by atoms with Crippen LogP contribution in [-0.4, -0.2) is 41.4 Å². The number of methoxy groups -OCH3 is 2. The number of nitrogens with zero attached hydrogens (tertiary/aromatic N) is 3. The Labute approximate surface area is 231 Å². The van der Waals surface area contributed by atoms with E-state index in [1.165, 1.54) is 7.11 Å². The topological polar surface area (TPSA) is 80.7 Å². The number of carbonyl (C=O) groups is 1. The van der Waals surface area contributed by atoms with Crippen LogP contribution in [-0.2, 0) is 9.53 Å². The number of ether oxygens (including phenoxy) is 2. The summed E-state index contributed by atoms with van der Waals surface area (Å²) in [5, 5.41) is 7.17. The molecular weight excluding hydrogens is 522 g/mol. The van der Waals surface area contributed by atoms with E-state index in [2.05, 4.69) is 26.3 Å². The molecule has 2 aromatic carbocycles. The highest BCUT2D eigenvalue weighted by atomic mass is 35.5. The van der Waals surface area contributed by atoms with E-state index < -0.39 is 0 Å². The van der Waals surface area contributed by atoms with Crippen LogP contribution in [0, 0.1) is 0 Å². The Morgan fingerprint density at radius 1 is 1.08 bits per heavy atom. The van der Waals surface area contributed by atoms with Gasteiger partial charge in [0.2, 0.25) is 5.91 Å². The summed E-state index contributed by atoms with van der Waals surface area (Å²) in [5.74, 6) is 0.498. The molecule has 1 aliphatic heterocycles. The second kappa shape index (κ2) is 11.2. The van der Waals surface area contributed by atoms with E-state index in [9.17, 15) is 4.79 Å². The maximum atomic E-state index is 12.0. The number of benzene rings is 2. The number of thiocarbonyl (C=S) groups is 1. The Bertz CT molecular complexity index is 1440. The van der Waals surface area contributed by atoms with Crippen molar-refractivity contribution in [1.82, 2.24) is 14.9 Å². The van der Waals surface area contributed by atoms with Gasteiger partial charge in [0.25, 0.3) is 0 Å². The Morgan fingerprint density at radius 3 is 2.55 bits per heavy atom. The van der Waals surface area contributed by atoms with Crippen molar-refractivity contribution in [2.45, 2.75) is 12.1 Å². The molecule has 3 heterocycles. The molecular formula is C28H26ClN5O3S. The maximum absolute atomic E-state index is 12.0. The summed E-state index contributed by atoms with van der Waals surface area (Å²) in [5.41, 5.74) is 4.13. The van der Waals surface area contributed by atoms with Gasteiger partial charge in [0.05, 0.1) is 29.6 Å². The molecule has 38 heavy (non-hydrogen) atoms. The number of halogens is 1. The SMILES string of the molecule is COCC(=O)Nc1ccc(N2C(=S)N[C@@H](c3ccccn3)[C@@H]2c2cccn2-c2ccc(OC)cc2)cc1Cl. The molecule has 0 radical (unpaired) electrons. The molecule has 5 rings (SSSR count).